The summed E-state index contributed by atoms with van der Waals surface area (Å²) in [6, 6.07) is -0.0283. The molecule has 2 unspecified atom stereocenters. The van der Waals surface area contributed by atoms with Gasteiger partial charge in [0.25, 0.3) is 0 Å². The number of carbonyl (C=O) groups is 1. The highest BCUT2D eigenvalue weighted by atomic mass is 35.5. The van der Waals surface area contributed by atoms with Crippen LogP contribution in [0.4, 0.5) is 0 Å². The van der Waals surface area contributed by atoms with Gasteiger partial charge in [-0.2, -0.15) is 0 Å². The molecule has 0 aromatic carbocycles. The Balaban J connectivity index is 0.00000220. The van der Waals surface area contributed by atoms with Gasteiger partial charge in [0, 0.05) is 6.54 Å². The van der Waals surface area contributed by atoms with E-state index in [1.165, 1.54) is 25.7 Å². The smallest absolute Gasteiger partial charge is 0.323 e. The first-order valence-electron chi connectivity index (χ1n) is 8.37. The number of nitrogens with one attached hydrogen (secondary N) is 1. The zero-order valence-electron chi connectivity index (χ0n) is 13.9. The molecule has 2 aliphatic rings. The minimum absolute atomic E-state index is 0. The maximum atomic E-state index is 12.1. The lowest BCUT2D eigenvalue weighted by Gasteiger charge is -2.41. The van der Waals surface area contributed by atoms with Gasteiger partial charge in [-0.05, 0) is 70.5 Å². The van der Waals surface area contributed by atoms with Gasteiger partial charge in [0.1, 0.15) is 6.04 Å². The highest BCUT2D eigenvalue weighted by Gasteiger charge is 2.33. The van der Waals surface area contributed by atoms with Crippen molar-refractivity contribution in [3.63, 3.8) is 0 Å². The number of piperidine rings is 2. The fraction of sp³-hybridized carbons (Fsp3) is 0.938. The van der Waals surface area contributed by atoms with Crippen LogP contribution in [0.2, 0.25) is 0 Å². The van der Waals surface area contributed by atoms with E-state index < -0.39 is 0 Å². The van der Waals surface area contributed by atoms with Crippen molar-refractivity contribution < 1.29 is 9.53 Å². The molecule has 2 saturated heterocycles. The van der Waals surface area contributed by atoms with E-state index in [9.17, 15) is 4.79 Å². The third kappa shape index (κ3) is 5.88. The lowest BCUT2D eigenvalue weighted by molar-refractivity contribution is -0.150. The molecule has 132 valence electrons. The Labute approximate surface area is 147 Å². The minimum atomic E-state index is -0.0283. The lowest BCUT2D eigenvalue weighted by Crippen LogP contribution is -2.49. The van der Waals surface area contributed by atoms with Crippen molar-refractivity contribution in [2.45, 2.75) is 52.0 Å². The lowest BCUT2D eigenvalue weighted by atomic mass is 9.80. The monoisotopic (exact) mass is 354 g/mol. The first kappa shape index (κ1) is 22.0. The Morgan fingerprint density at radius 2 is 1.86 bits per heavy atom. The third-order valence-electron chi connectivity index (χ3n) is 4.93. The number of ether oxygens (including phenoxy) is 1. The third-order valence-corrected chi connectivity index (χ3v) is 4.93. The van der Waals surface area contributed by atoms with Crippen molar-refractivity contribution >= 4 is 30.8 Å². The summed E-state index contributed by atoms with van der Waals surface area (Å²) in [5, 5.41) is 3.45. The second-order valence-electron chi connectivity index (χ2n) is 6.16. The van der Waals surface area contributed by atoms with Gasteiger partial charge in [-0.1, -0.05) is 6.92 Å². The Kier molecular flexibility index (Phi) is 11.5. The Hall–Kier alpha value is -0.0300. The Morgan fingerprint density at radius 3 is 2.45 bits per heavy atom. The van der Waals surface area contributed by atoms with Crippen molar-refractivity contribution in [1.29, 1.82) is 0 Å². The summed E-state index contributed by atoms with van der Waals surface area (Å²) in [7, 11) is 0. The number of nitrogens with zero attached hydrogens (tertiary/aromatic N) is 1. The highest BCUT2D eigenvalue weighted by molar-refractivity contribution is 5.85. The second kappa shape index (κ2) is 11.5. The zero-order chi connectivity index (χ0) is 14.4. The Morgan fingerprint density at radius 1 is 1.18 bits per heavy atom. The first-order valence-corrected chi connectivity index (χ1v) is 8.37. The molecular formula is C16H32Cl2N2O2. The molecule has 2 atom stereocenters. The van der Waals surface area contributed by atoms with E-state index in [2.05, 4.69) is 17.1 Å². The maximum absolute atomic E-state index is 12.1. The molecule has 0 spiro atoms. The van der Waals surface area contributed by atoms with Crippen LogP contribution in [-0.2, 0) is 9.53 Å². The molecule has 2 aliphatic heterocycles. The topological polar surface area (TPSA) is 41.6 Å². The molecule has 0 radical (unpaired) electrons. The maximum Gasteiger partial charge on any atom is 0.323 e. The van der Waals surface area contributed by atoms with Crippen LogP contribution in [0.25, 0.3) is 0 Å². The number of esters is 1. The molecular weight excluding hydrogens is 323 g/mol. The zero-order valence-corrected chi connectivity index (χ0v) is 15.5. The van der Waals surface area contributed by atoms with Gasteiger partial charge in [0.2, 0.25) is 0 Å². The van der Waals surface area contributed by atoms with Gasteiger partial charge in [-0.15, -0.1) is 24.8 Å². The highest BCUT2D eigenvalue weighted by Crippen LogP contribution is 2.31. The molecule has 0 aromatic heterocycles. The standard InChI is InChI=1S/C16H30N2O2.2ClH/c1-3-15(16(19)20-4-2)18-11-5-6-14(12-18)13-7-9-17-10-8-13;;/h13-15,17H,3-12H2,1-2H3;2*1H. The predicted octanol–water partition coefficient (Wildman–Crippen LogP) is 2.88. The summed E-state index contributed by atoms with van der Waals surface area (Å²) < 4.78 is 5.24. The van der Waals surface area contributed by atoms with E-state index in [0.717, 1.165) is 44.4 Å². The molecule has 0 saturated carbocycles. The fourth-order valence-corrected chi connectivity index (χ4v) is 3.84. The molecule has 2 fully saturated rings. The number of hydrogen-bond donors (Lipinski definition) is 1. The SMILES string of the molecule is CCOC(=O)C(CC)N1CCCC(C2CCNCC2)C1.Cl.Cl. The largest absolute Gasteiger partial charge is 0.465 e. The molecule has 0 aromatic rings. The van der Waals surface area contributed by atoms with E-state index in [0.29, 0.717) is 6.61 Å². The fourth-order valence-electron chi connectivity index (χ4n) is 3.84. The van der Waals surface area contributed by atoms with Crippen LogP contribution in [0.1, 0.15) is 46.0 Å². The number of likely N-dealkylation sites (tertiary alicyclic amines) is 1. The molecule has 0 aliphatic carbocycles. The van der Waals surface area contributed by atoms with Crippen molar-refractivity contribution in [2.24, 2.45) is 11.8 Å². The number of carbonyl (C=O) groups excluding carboxylic acids is 1. The van der Waals surface area contributed by atoms with E-state index in [1.54, 1.807) is 0 Å². The van der Waals surface area contributed by atoms with Crippen molar-refractivity contribution in [3.05, 3.63) is 0 Å². The number of halogens is 2. The van der Waals surface area contributed by atoms with Crippen molar-refractivity contribution in [3.8, 4) is 0 Å². The molecule has 4 nitrogen and oxygen atoms in total. The summed E-state index contributed by atoms with van der Waals surface area (Å²) in [4.78, 5) is 14.5. The van der Waals surface area contributed by atoms with Crippen molar-refractivity contribution in [1.82, 2.24) is 10.2 Å². The second-order valence-corrected chi connectivity index (χ2v) is 6.16. The summed E-state index contributed by atoms with van der Waals surface area (Å²) >= 11 is 0. The van der Waals surface area contributed by atoms with Gasteiger partial charge in [-0.3, -0.25) is 9.69 Å². The molecule has 1 N–H and O–H groups in total. The summed E-state index contributed by atoms with van der Waals surface area (Å²) in [6.45, 7) is 8.93. The van der Waals surface area contributed by atoms with Crippen LogP contribution in [0, 0.1) is 11.8 Å². The van der Waals surface area contributed by atoms with E-state index in [4.69, 9.17) is 4.74 Å². The van der Waals surface area contributed by atoms with E-state index in [1.807, 2.05) is 6.92 Å². The average molecular weight is 355 g/mol. The first-order chi connectivity index (χ1) is 9.76. The molecule has 6 heteroatoms. The Bertz CT molecular complexity index is 313. The number of rotatable bonds is 5. The molecule has 2 heterocycles. The van der Waals surface area contributed by atoms with Crippen LogP contribution < -0.4 is 5.32 Å². The van der Waals surface area contributed by atoms with Crippen molar-refractivity contribution in [2.75, 3.05) is 32.8 Å². The van der Waals surface area contributed by atoms with Gasteiger partial charge in [0.05, 0.1) is 6.61 Å². The summed E-state index contributed by atoms with van der Waals surface area (Å²) in [5.41, 5.74) is 0. The van der Waals surface area contributed by atoms with Gasteiger partial charge in [-0.25, -0.2) is 0 Å². The normalized spacial score (nSPS) is 24.7. The summed E-state index contributed by atoms with van der Waals surface area (Å²) in [5.74, 6) is 1.59. The quantitative estimate of drug-likeness (QED) is 0.770. The molecule has 2 rings (SSSR count). The van der Waals surface area contributed by atoms with Gasteiger partial charge in [0.15, 0.2) is 0 Å². The minimum Gasteiger partial charge on any atom is -0.465 e. The predicted molar refractivity (Wildman–Crippen MR) is 95.1 cm³/mol. The van der Waals surface area contributed by atoms with Crippen LogP contribution in [0.5, 0.6) is 0 Å². The summed E-state index contributed by atoms with van der Waals surface area (Å²) in [6.07, 6.45) is 6.02. The molecule has 0 bridgehead atoms. The van der Waals surface area contributed by atoms with Crippen LogP contribution in [0.15, 0.2) is 0 Å². The van der Waals surface area contributed by atoms with E-state index in [-0.39, 0.29) is 36.8 Å². The number of hydrogen-bond acceptors (Lipinski definition) is 4. The van der Waals surface area contributed by atoms with Gasteiger partial charge >= 0.3 is 5.97 Å². The molecule has 0 amide bonds. The van der Waals surface area contributed by atoms with E-state index >= 15 is 0 Å². The van der Waals surface area contributed by atoms with Crippen LogP contribution in [0.3, 0.4) is 0 Å². The average Bonchev–Trinajstić information content (AvgIpc) is 2.49. The molecule has 22 heavy (non-hydrogen) atoms. The van der Waals surface area contributed by atoms with Crippen LogP contribution in [-0.4, -0.2) is 49.7 Å². The van der Waals surface area contributed by atoms with Crippen LogP contribution >= 0.6 is 24.8 Å². The van der Waals surface area contributed by atoms with Gasteiger partial charge < -0.3 is 10.1 Å².